The Kier molecular flexibility index (Phi) is 2.62. The number of hydrogen-bond donors (Lipinski definition) is 0. The van der Waals surface area contributed by atoms with Gasteiger partial charge in [0.25, 0.3) is 6.29 Å². The third-order valence-electron chi connectivity index (χ3n) is 1.14. The van der Waals surface area contributed by atoms with Crippen LogP contribution in [-0.2, 0) is 19.0 Å². The molecule has 1 heterocycles. The van der Waals surface area contributed by atoms with Gasteiger partial charge in [-0.25, -0.2) is 4.79 Å². The maximum Gasteiger partial charge on any atom is 0.332 e. The number of rotatable bonds is 4. The van der Waals surface area contributed by atoms with E-state index < -0.39 is 12.3 Å². The van der Waals surface area contributed by atoms with Gasteiger partial charge in [0.15, 0.2) is 0 Å². The van der Waals surface area contributed by atoms with Crippen LogP contribution in [0, 0.1) is 0 Å². The molecule has 1 aliphatic rings. The van der Waals surface area contributed by atoms with Crippen molar-refractivity contribution in [3.8, 4) is 0 Å². The van der Waals surface area contributed by atoms with Gasteiger partial charge in [0.2, 0.25) is 6.29 Å². The lowest BCUT2D eigenvalue weighted by molar-refractivity contribution is -0.142. The Morgan fingerprint density at radius 2 is 2.45 bits per heavy atom. The van der Waals surface area contributed by atoms with Gasteiger partial charge in [-0.2, -0.15) is 0 Å². The van der Waals surface area contributed by atoms with Crippen LogP contribution in [0.25, 0.3) is 0 Å². The normalized spacial score (nSPS) is 27.7. The molecule has 0 radical (unpaired) electrons. The van der Waals surface area contributed by atoms with Crippen LogP contribution < -0.4 is 0 Å². The topological polar surface area (TPSA) is 48.1 Å². The summed E-state index contributed by atoms with van der Waals surface area (Å²) in [5.41, 5.74) is 0. The molecule has 0 aromatic heterocycles. The Bertz CT molecular complexity index is 166. The van der Waals surface area contributed by atoms with Crippen molar-refractivity contribution in [1.82, 2.24) is 0 Å². The van der Waals surface area contributed by atoms with Gasteiger partial charge in [-0.15, -0.1) is 0 Å². The predicted octanol–water partition coefficient (Wildman–Crippen LogP) is 0.434. The highest BCUT2D eigenvalue weighted by atomic mass is 16.9. The van der Waals surface area contributed by atoms with E-state index in [0.29, 0.717) is 6.61 Å². The third kappa shape index (κ3) is 2.32. The first-order valence-electron chi connectivity index (χ1n) is 3.38. The van der Waals surface area contributed by atoms with Crippen molar-refractivity contribution < 1.29 is 19.0 Å². The van der Waals surface area contributed by atoms with Gasteiger partial charge >= 0.3 is 5.97 Å². The van der Waals surface area contributed by atoms with Crippen molar-refractivity contribution in [3.05, 3.63) is 12.7 Å². The standard InChI is InChI=1S/C7H10O4/c1-3-5(8)10-7-6(11-7)9-4-2/h3,6-7H,1,4H2,2H3. The average molecular weight is 158 g/mol. The van der Waals surface area contributed by atoms with E-state index in [2.05, 4.69) is 11.3 Å². The van der Waals surface area contributed by atoms with Crippen molar-refractivity contribution >= 4 is 5.97 Å². The molecule has 2 atom stereocenters. The second kappa shape index (κ2) is 3.50. The summed E-state index contributed by atoms with van der Waals surface area (Å²) in [6.07, 6.45) is 0.189. The molecule has 1 rings (SSSR count). The number of hydrogen-bond acceptors (Lipinski definition) is 4. The van der Waals surface area contributed by atoms with Gasteiger partial charge in [-0.05, 0) is 6.92 Å². The van der Waals surface area contributed by atoms with Gasteiger partial charge in [0.1, 0.15) is 0 Å². The molecular formula is C7H10O4. The quantitative estimate of drug-likeness (QED) is 0.338. The van der Waals surface area contributed by atoms with E-state index in [4.69, 9.17) is 9.47 Å². The maximum atomic E-state index is 10.5. The fraction of sp³-hybridized carbons (Fsp3) is 0.571. The van der Waals surface area contributed by atoms with Gasteiger partial charge in [0.05, 0.1) is 0 Å². The van der Waals surface area contributed by atoms with Gasteiger partial charge in [-0.3, -0.25) is 0 Å². The zero-order valence-corrected chi connectivity index (χ0v) is 6.28. The molecule has 4 heteroatoms. The van der Waals surface area contributed by atoms with E-state index in [-0.39, 0.29) is 6.29 Å². The maximum absolute atomic E-state index is 10.5. The molecule has 0 bridgehead atoms. The van der Waals surface area contributed by atoms with Crippen LogP contribution in [0.3, 0.4) is 0 Å². The summed E-state index contributed by atoms with van der Waals surface area (Å²) in [5.74, 6) is -0.489. The number of carbonyl (C=O) groups excluding carboxylic acids is 1. The van der Waals surface area contributed by atoms with Crippen molar-refractivity contribution in [2.24, 2.45) is 0 Å². The fourth-order valence-electron chi connectivity index (χ4n) is 0.615. The molecule has 1 fully saturated rings. The van der Waals surface area contributed by atoms with Crippen LogP contribution in [0.1, 0.15) is 6.92 Å². The van der Waals surface area contributed by atoms with E-state index >= 15 is 0 Å². The largest absolute Gasteiger partial charge is 0.427 e. The number of epoxide rings is 1. The molecule has 0 aromatic carbocycles. The summed E-state index contributed by atoms with van der Waals surface area (Å²) in [4.78, 5) is 10.5. The Morgan fingerprint density at radius 3 is 3.00 bits per heavy atom. The van der Waals surface area contributed by atoms with Crippen LogP contribution >= 0.6 is 0 Å². The summed E-state index contributed by atoms with van der Waals surface area (Å²) in [7, 11) is 0. The summed E-state index contributed by atoms with van der Waals surface area (Å²) in [5, 5.41) is 0. The molecule has 0 aliphatic carbocycles. The molecular weight excluding hydrogens is 148 g/mol. The summed E-state index contributed by atoms with van der Waals surface area (Å²) >= 11 is 0. The lowest BCUT2D eigenvalue weighted by Crippen LogP contribution is -2.07. The van der Waals surface area contributed by atoms with Crippen LogP contribution in [0.15, 0.2) is 12.7 Å². The molecule has 0 spiro atoms. The fourth-order valence-corrected chi connectivity index (χ4v) is 0.615. The van der Waals surface area contributed by atoms with Crippen molar-refractivity contribution in [3.63, 3.8) is 0 Å². The molecule has 1 aliphatic heterocycles. The van der Waals surface area contributed by atoms with Gasteiger partial charge in [-0.1, -0.05) is 6.58 Å². The van der Waals surface area contributed by atoms with Crippen molar-refractivity contribution in [2.45, 2.75) is 19.5 Å². The Labute approximate surface area is 64.7 Å². The lowest BCUT2D eigenvalue weighted by Gasteiger charge is -1.94. The summed E-state index contributed by atoms with van der Waals surface area (Å²) in [6, 6.07) is 0. The first-order valence-corrected chi connectivity index (χ1v) is 3.38. The second-order valence-electron chi connectivity index (χ2n) is 1.97. The Balaban J connectivity index is 2.13. The second-order valence-corrected chi connectivity index (χ2v) is 1.97. The van der Waals surface area contributed by atoms with E-state index in [0.717, 1.165) is 6.08 Å². The van der Waals surface area contributed by atoms with Crippen molar-refractivity contribution in [1.29, 1.82) is 0 Å². The van der Waals surface area contributed by atoms with Crippen molar-refractivity contribution in [2.75, 3.05) is 6.61 Å². The molecule has 0 saturated carbocycles. The molecule has 0 N–H and O–H groups in total. The zero-order valence-electron chi connectivity index (χ0n) is 6.28. The van der Waals surface area contributed by atoms with Gasteiger partial charge < -0.3 is 14.2 Å². The highest BCUT2D eigenvalue weighted by Gasteiger charge is 2.43. The number of carbonyl (C=O) groups is 1. The molecule has 2 unspecified atom stereocenters. The summed E-state index contributed by atoms with van der Waals surface area (Å²) < 4.78 is 14.5. The average Bonchev–Trinajstić information content (AvgIpc) is 2.69. The Hall–Kier alpha value is -0.870. The highest BCUT2D eigenvalue weighted by molar-refractivity contribution is 5.81. The monoisotopic (exact) mass is 158 g/mol. The SMILES string of the molecule is C=CC(=O)OC1OC1OCC. The van der Waals surface area contributed by atoms with E-state index in [1.165, 1.54) is 0 Å². The first-order chi connectivity index (χ1) is 5.27. The molecule has 11 heavy (non-hydrogen) atoms. The number of ether oxygens (including phenoxy) is 3. The molecule has 1 saturated heterocycles. The summed E-state index contributed by atoms with van der Waals surface area (Å²) in [6.45, 7) is 5.63. The van der Waals surface area contributed by atoms with E-state index in [1.54, 1.807) is 0 Å². The predicted molar refractivity (Wildman–Crippen MR) is 36.6 cm³/mol. The third-order valence-corrected chi connectivity index (χ3v) is 1.14. The zero-order chi connectivity index (χ0) is 8.27. The van der Waals surface area contributed by atoms with Crippen LogP contribution in [0.4, 0.5) is 0 Å². The molecule has 0 amide bonds. The van der Waals surface area contributed by atoms with E-state index in [1.807, 2.05) is 6.92 Å². The molecule has 62 valence electrons. The van der Waals surface area contributed by atoms with Crippen LogP contribution in [0.2, 0.25) is 0 Å². The Morgan fingerprint density at radius 1 is 1.73 bits per heavy atom. The van der Waals surface area contributed by atoms with Crippen LogP contribution in [-0.4, -0.2) is 25.2 Å². The molecule has 4 nitrogen and oxygen atoms in total. The van der Waals surface area contributed by atoms with Gasteiger partial charge in [0, 0.05) is 12.7 Å². The van der Waals surface area contributed by atoms with E-state index in [9.17, 15) is 4.79 Å². The highest BCUT2D eigenvalue weighted by Crippen LogP contribution is 2.24. The molecule has 0 aromatic rings. The van der Waals surface area contributed by atoms with Crippen LogP contribution in [0.5, 0.6) is 0 Å². The minimum Gasteiger partial charge on any atom is -0.427 e. The smallest absolute Gasteiger partial charge is 0.332 e. The minimum absolute atomic E-state index is 0.371. The first kappa shape index (κ1) is 8.23. The number of esters is 1. The lowest BCUT2D eigenvalue weighted by atomic mass is 10.6. The minimum atomic E-state index is -0.527.